The van der Waals surface area contributed by atoms with Crippen LogP contribution in [0.2, 0.25) is 5.02 Å². The summed E-state index contributed by atoms with van der Waals surface area (Å²) in [5, 5.41) is 9.52. The van der Waals surface area contributed by atoms with E-state index in [9.17, 15) is 4.79 Å². The second kappa shape index (κ2) is 5.92. The van der Waals surface area contributed by atoms with Gasteiger partial charge in [-0.3, -0.25) is 4.98 Å². The predicted molar refractivity (Wildman–Crippen MR) is 76.5 cm³/mol. The van der Waals surface area contributed by atoms with Gasteiger partial charge in [-0.15, -0.1) is 0 Å². The van der Waals surface area contributed by atoms with E-state index in [-0.39, 0.29) is 12.2 Å². The summed E-state index contributed by atoms with van der Waals surface area (Å²) in [6.45, 7) is 4.12. The van der Waals surface area contributed by atoms with Crippen LogP contribution in [0.5, 0.6) is 5.75 Å². The third kappa shape index (κ3) is 3.27. The second-order valence-electron chi connectivity index (χ2n) is 4.50. The van der Waals surface area contributed by atoms with Gasteiger partial charge in [-0.25, -0.2) is 4.79 Å². The molecular formula is C15H14ClNO3. The fourth-order valence-electron chi connectivity index (χ4n) is 1.78. The fourth-order valence-corrected chi connectivity index (χ4v) is 1.89. The first-order valence-electron chi connectivity index (χ1n) is 6.05. The smallest absolute Gasteiger partial charge is 0.337 e. The summed E-state index contributed by atoms with van der Waals surface area (Å²) in [5.74, 6) is -0.276. The molecule has 0 aliphatic heterocycles. The van der Waals surface area contributed by atoms with Crippen molar-refractivity contribution in [1.82, 2.24) is 4.98 Å². The number of aryl methyl sites for hydroxylation is 2. The van der Waals surface area contributed by atoms with Gasteiger partial charge < -0.3 is 9.84 Å². The summed E-state index contributed by atoms with van der Waals surface area (Å²) in [6.07, 6.45) is 1.32. The Labute approximate surface area is 122 Å². The first-order chi connectivity index (χ1) is 9.47. The Balaban J connectivity index is 2.07. The van der Waals surface area contributed by atoms with Gasteiger partial charge in [0.05, 0.1) is 11.3 Å². The molecule has 0 saturated carbocycles. The Morgan fingerprint density at radius 1 is 1.30 bits per heavy atom. The number of aromatic carboxylic acids is 1. The minimum absolute atomic E-state index is 0.159. The van der Waals surface area contributed by atoms with E-state index in [4.69, 9.17) is 21.4 Å². The van der Waals surface area contributed by atoms with E-state index >= 15 is 0 Å². The van der Waals surface area contributed by atoms with Gasteiger partial charge in [0.15, 0.2) is 0 Å². The van der Waals surface area contributed by atoms with Crippen LogP contribution in [-0.4, -0.2) is 16.1 Å². The first kappa shape index (κ1) is 14.3. The molecule has 2 rings (SSSR count). The third-order valence-electron chi connectivity index (χ3n) is 2.87. The summed E-state index contributed by atoms with van der Waals surface area (Å²) < 4.78 is 5.64. The lowest BCUT2D eigenvalue weighted by molar-refractivity contribution is 0.0696. The molecular weight excluding hydrogens is 278 g/mol. The van der Waals surface area contributed by atoms with E-state index in [1.54, 1.807) is 6.07 Å². The number of ether oxygens (including phenoxy) is 1. The maximum atomic E-state index is 10.7. The van der Waals surface area contributed by atoms with E-state index in [1.807, 2.05) is 26.0 Å². The lowest BCUT2D eigenvalue weighted by Crippen LogP contribution is -2.02. The van der Waals surface area contributed by atoms with Gasteiger partial charge in [0, 0.05) is 11.2 Å². The lowest BCUT2D eigenvalue weighted by atomic mass is 10.1. The third-order valence-corrected chi connectivity index (χ3v) is 3.46. The van der Waals surface area contributed by atoms with Crippen LogP contribution in [0.25, 0.3) is 0 Å². The Morgan fingerprint density at radius 2 is 1.95 bits per heavy atom. The van der Waals surface area contributed by atoms with Gasteiger partial charge in [0.25, 0.3) is 0 Å². The molecule has 5 heteroatoms. The molecule has 4 nitrogen and oxygen atoms in total. The number of carboxylic acid groups (broad SMARTS) is 1. The summed E-state index contributed by atoms with van der Waals surface area (Å²) in [7, 11) is 0. The zero-order valence-electron chi connectivity index (χ0n) is 11.2. The topological polar surface area (TPSA) is 59.4 Å². The maximum Gasteiger partial charge on any atom is 0.337 e. The standard InChI is InChI=1S/C15H14ClNO3/c1-9-5-13(6-10(2)14(9)16)20-8-12-4-3-11(7-17-12)15(18)19/h3-7H,8H2,1-2H3,(H,18,19). The van der Waals surface area contributed by atoms with Gasteiger partial charge in [-0.05, 0) is 49.2 Å². The van der Waals surface area contributed by atoms with E-state index in [1.165, 1.54) is 12.3 Å². The minimum Gasteiger partial charge on any atom is -0.487 e. The number of hydrogen-bond donors (Lipinski definition) is 1. The fraction of sp³-hybridized carbons (Fsp3) is 0.200. The highest BCUT2D eigenvalue weighted by molar-refractivity contribution is 6.32. The summed E-state index contributed by atoms with van der Waals surface area (Å²) in [6, 6.07) is 6.87. The van der Waals surface area contributed by atoms with Crippen LogP contribution in [0.1, 0.15) is 27.2 Å². The molecule has 1 heterocycles. The van der Waals surface area contributed by atoms with Crippen molar-refractivity contribution < 1.29 is 14.6 Å². The highest BCUT2D eigenvalue weighted by atomic mass is 35.5. The van der Waals surface area contributed by atoms with Crippen LogP contribution in [0.4, 0.5) is 0 Å². The summed E-state index contributed by atoms with van der Waals surface area (Å²) in [4.78, 5) is 14.8. The van der Waals surface area contributed by atoms with E-state index in [2.05, 4.69) is 4.98 Å². The molecule has 0 amide bonds. The van der Waals surface area contributed by atoms with Crippen molar-refractivity contribution in [2.75, 3.05) is 0 Å². The Morgan fingerprint density at radius 3 is 2.45 bits per heavy atom. The molecule has 1 N–H and O–H groups in total. The molecule has 1 aromatic carbocycles. The SMILES string of the molecule is Cc1cc(OCc2ccc(C(=O)O)cn2)cc(C)c1Cl. The van der Waals surface area contributed by atoms with E-state index < -0.39 is 5.97 Å². The zero-order chi connectivity index (χ0) is 14.7. The normalized spacial score (nSPS) is 10.3. The Kier molecular flexibility index (Phi) is 4.25. The number of carboxylic acids is 1. The number of nitrogens with zero attached hydrogens (tertiary/aromatic N) is 1. The monoisotopic (exact) mass is 291 g/mol. The van der Waals surface area contributed by atoms with Crippen LogP contribution >= 0.6 is 11.6 Å². The molecule has 0 atom stereocenters. The van der Waals surface area contributed by atoms with Crippen LogP contribution in [-0.2, 0) is 6.61 Å². The number of hydrogen-bond acceptors (Lipinski definition) is 3. The highest BCUT2D eigenvalue weighted by Crippen LogP contribution is 2.26. The van der Waals surface area contributed by atoms with Crippen LogP contribution in [0.15, 0.2) is 30.5 Å². The van der Waals surface area contributed by atoms with Crippen molar-refractivity contribution in [1.29, 1.82) is 0 Å². The highest BCUT2D eigenvalue weighted by Gasteiger charge is 2.06. The largest absolute Gasteiger partial charge is 0.487 e. The van der Waals surface area contributed by atoms with E-state index in [0.29, 0.717) is 11.4 Å². The Bertz CT molecular complexity index is 615. The van der Waals surface area contributed by atoms with Gasteiger partial charge in [0.1, 0.15) is 12.4 Å². The predicted octanol–water partition coefficient (Wildman–Crippen LogP) is 3.63. The number of benzene rings is 1. The molecule has 0 aliphatic rings. The molecule has 0 saturated heterocycles. The average molecular weight is 292 g/mol. The van der Waals surface area contributed by atoms with E-state index in [0.717, 1.165) is 16.1 Å². The number of pyridine rings is 1. The molecule has 20 heavy (non-hydrogen) atoms. The Hall–Kier alpha value is -2.07. The number of halogens is 1. The average Bonchev–Trinajstić information content (AvgIpc) is 2.42. The molecule has 0 fully saturated rings. The molecule has 1 aromatic heterocycles. The number of aromatic nitrogens is 1. The summed E-state index contributed by atoms with van der Waals surface area (Å²) in [5.41, 5.74) is 2.74. The summed E-state index contributed by atoms with van der Waals surface area (Å²) >= 11 is 6.09. The van der Waals surface area contributed by atoms with Crippen LogP contribution in [0, 0.1) is 13.8 Å². The van der Waals surface area contributed by atoms with Crippen molar-refractivity contribution in [2.24, 2.45) is 0 Å². The molecule has 0 spiro atoms. The molecule has 0 radical (unpaired) electrons. The van der Waals surface area contributed by atoms with Gasteiger partial charge in [-0.1, -0.05) is 11.6 Å². The molecule has 2 aromatic rings. The zero-order valence-corrected chi connectivity index (χ0v) is 11.9. The molecule has 104 valence electrons. The van der Waals surface area contributed by atoms with Crippen LogP contribution < -0.4 is 4.74 Å². The van der Waals surface area contributed by atoms with Crippen molar-refractivity contribution in [3.8, 4) is 5.75 Å². The number of carbonyl (C=O) groups is 1. The second-order valence-corrected chi connectivity index (χ2v) is 4.88. The van der Waals surface area contributed by atoms with Crippen molar-refractivity contribution in [2.45, 2.75) is 20.5 Å². The van der Waals surface area contributed by atoms with Crippen LogP contribution in [0.3, 0.4) is 0 Å². The maximum absolute atomic E-state index is 10.7. The quantitative estimate of drug-likeness (QED) is 0.934. The van der Waals surface area contributed by atoms with Gasteiger partial charge in [0.2, 0.25) is 0 Å². The van der Waals surface area contributed by atoms with Crippen molar-refractivity contribution in [3.05, 3.63) is 57.9 Å². The van der Waals surface area contributed by atoms with Gasteiger partial charge >= 0.3 is 5.97 Å². The molecule has 0 aliphatic carbocycles. The lowest BCUT2D eigenvalue weighted by Gasteiger charge is -2.09. The minimum atomic E-state index is -0.992. The first-order valence-corrected chi connectivity index (χ1v) is 6.43. The van der Waals surface area contributed by atoms with Crippen molar-refractivity contribution >= 4 is 17.6 Å². The van der Waals surface area contributed by atoms with Gasteiger partial charge in [-0.2, -0.15) is 0 Å². The molecule has 0 bridgehead atoms. The number of rotatable bonds is 4. The molecule has 0 unspecified atom stereocenters. The van der Waals surface area contributed by atoms with Crippen molar-refractivity contribution in [3.63, 3.8) is 0 Å².